The van der Waals surface area contributed by atoms with Crippen LogP contribution in [0.2, 0.25) is 0 Å². The third-order valence-electron chi connectivity index (χ3n) is 3.34. The lowest BCUT2D eigenvalue weighted by molar-refractivity contribution is 0.405. The van der Waals surface area contributed by atoms with Crippen molar-refractivity contribution in [3.8, 4) is 11.5 Å². The highest BCUT2D eigenvalue weighted by Gasteiger charge is 2.08. The molecule has 2 rings (SSSR count). The van der Waals surface area contributed by atoms with Gasteiger partial charge in [-0.25, -0.2) is 9.97 Å². The second-order valence-corrected chi connectivity index (χ2v) is 5.16. The molecule has 0 bridgehead atoms. The van der Waals surface area contributed by atoms with E-state index < -0.39 is 0 Å². The number of ether oxygens (including phenoxy) is 2. The molecule has 1 heterocycles. The molecule has 0 spiro atoms. The van der Waals surface area contributed by atoms with Crippen molar-refractivity contribution in [2.24, 2.45) is 0 Å². The van der Waals surface area contributed by atoms with Crippen LogP contribution in [-0.2, 0) is 0 Å². The first-order valence-corrected chi connectivity index (χ1v) is 7.75. The maximum absolute atomic E-state index is 5.38. The Balaban J connectivity index is 2.22. The molecule has 0 aliphatic carbocycles. The third kappa shape index (κ3) is 4.74. The molecule has 2 N–H and O–H groups in total. The SMILES string of the molecule is CCCCNc1cc(Nc2cc(OC)ccc2OC)nc(C)n1. The summed E-state index contributed by atoms with van der Waals surface area (Å²) in [6.45, 7) is 4.93. The molecular formula is C17H24N4O2. The summed E-state index contributed by atoms with van der Waals surface area (Å²) in [6, 6.07) is 7.48. The molecule has 6 nitrogen and oxygen atoms in total. The van der Waals surface area contributed by atoms with Gasteiger partial charge in [0.2, 0.25) is 0 Å². The second-order valence-electron chi connectivity index (χ2n) is 5.16. The lowest BCUT2D eigenvalue weighted by atomic mass is 10.2. The number of hydrogen-bond acceptors (Lipinski definition) is 6. The van der Waals surface area contributed by atoms with Crippen LogP contribution in [0.4, 0.5) is 17.3 Å². The fourth-order valence-corrected chi connectivity index (χ4v) is 2.17. The summed E-state index contributed by atoms with van der Waals surface area (Å²) in [6.07, 6.45) is 2.25. The molecule has 124 valence electrons. The fraction of sp³-hybridized carbons (Fsp3) is 0.412. The third-order valence-corrected chi connectivity index (χ3v) is 3.34. The highest BCUT2D eigenvalue weighted by atomic mass is 16.5. The summed E-state index contributed by atoms with van der Waals surface area (Å²) in [4.78, 5) is 8.84. The van der Waals surface area contributed by atoms with Gasteiger partial charge in [0.15, 0.2) is 0 Å². The van der Waals surface area contributed by atoms with E-state index in [0.29, 0.717) is 11.6 Å². The Morgan fingerprint density at radius 3 is 2.52 bits per heavy atom. The van der Waals surface area contributed by atoms with Gasteiger partial charge in [-0.15, -0.1) is 0 Å². The molecule has 0 saturated heterocycles. The standard InChI is InChI=1S/C17H24N4O2/c1-5-6-9-18-16-11-17(20-12(2)19-16)21-14-10-13(22-3)7-8-15(14)23-4/h7-8,10-11H,5-6,9H2,1-4H3,(H2,18,19,20,21). The molecular weight excluding hydrogens is 292 g/mol. The van der Waals surface area contributed by atoms with Gasteiger partial charge in [-0.05, 0) is 25.5 Å². The van der Waals surface area contributed by atoms with E-state index in [2.05, 4.69) is 27.5 Å². The van der Waals surface area contributed by atoms with Gasteiger partial charge >= 0.3 is 0 Å². The average Bonchev–Trinajstić information content (AvgIpc) is 2.54. The lowest BCUT2D eigenvalue weighted by Gasteiger charge is -2.13. The van der Waals surface area contributed by atoms with Gasteiger partial charge in [0.1, 0.15) is 29.0 Å². The van der Waals surface area contributed by atoms with Gasteiger partial charge < -0.3 is 20.1 Å². The van der Waals surface area contributed by atoms with E-state index in [4.69, 9.17) is 9.47 Å². The maximum Gasteiger partial charge on any atom is 0.142 e. The molecule has 23 heavy (non-hydrogen) atoms. The van der Waals surface area contributed by atoms with Crippen molar-refractivity contribution in [1.29, 1.82) is 0 Å². The Labute approximate surface area is 137 Å². The van der Waals surface area contributed by atoms with Crippen LogP contribution in [0.3, 0.4) is 0 Å². The molecule has 6 heteroatoms. The summed E-state index contributed by atoms with van der Waals surface area (Å²) in [5, 5.41) is 6.59. The fourth-order valence-electron chi connectivity index (χ4n) is 2.17. The van der Waals surface area contributed by atoms with Gasteiger partial charge in [-0.3, -0.25) is 0 Å². The number of hydrogen-bond donors (Lipinski definition) is 2. The molecule has 0 fully saturated rings. The number of anilines is 3. The number of rotatable bonds is 8. The Hall–Kier alpha value is -2.50. The van der Waals surface area contributed by atoms with Crippen LogP contribution in [0.5, 0.6) is 11.5 Å². The minimum Gasteiger partial charge on any atom is -0.497 e. The molecule has 0 radical (unpaired) electrons. The summed E-state index contributed by atoms with van der Waals surface area (Å²) in [5.74, 6) is 3.71. The second kappa shape index (κ2) is 8.22. The van der Waals surface area contributed by atoms with E-state index in [1.807, 2.05) is 31.2 Å². The highest BCUT2D eigenvalue weighted by Crippen LogP contribution is 2.31. The largest absolute Gasteiger partial charge is 0.497 e. The predicted molar refractivity (Wildman–Crippen MR) is 93.0 cm³/mol. The van der Waals surface area contributed by atoms with E-state index in [1.165, 1.54) is 0 Å². The van der Waals surface area contributed by atoms with Gasteiger partial charge in [0.05, 0.1) is 19.9 Å². The van der Waals surface area contributed by atoms with Crippen LogP contribution >= 0.6 is 0 Å². The molecule has 0 aliphatic rings. The molecule has 0 aliphatic heterocycles. The van der Waals surface area contributed by atoms with Crippen molar-refractivity contribution in [3.63, 3.8) is 0 Å². The number of benzene rings is 1. The monoisotopic (exact) mass is 316 g/mol. The van der Waals surface area contributed by atoms with Crippen molar-refractivity contribution in [2.45, 2.75) is 26.7 Å². The Morgan fingerprint density at radius 2 is 1.83 bits per heavy atom. The van der Waals surface area contributed by atoms with Crippen molar-refractivity contribution >= 4 is 17.3 Å². The van der Waals surface area contributed by atoms with Crippen molar-refractivity contribution < 1.29 is 9.47 Å². The number of methoxy groups -OCH3 is 2. The van der Waals surface area contributed by atoms with Crippen LogP contribution in [-0.4, -0.2) is 30.7 Å². The van der Waals surface area contributed by atoms with Gasteiger partial charge in [-0.1, -0.05) is 13.3 Å². The van der Waals surface area contributed by atoms with Crippen LogP contribution in [0.1, 0.15) is 25.6 Å². The molecule has 0 amide bonds. The zero-order valence-corrected chi connectivity index (χ0v) is 14.1. The topological polar surface area (TPSA) is 68.3 Å². The first kappa shape index (κ1) is 16.9. The van der Waals surface area contributed by atoms with Crippen molar-refractivity contribution in [1.82, 2.24) is 9.97 Å². The molecule has 0 unspecified atom stereocenters. The number of unbranched alkanes of at least 4 members (excludes halogenated alkanes) is 1. The van der Waals surface area contributed by atoms with Crippen LogP contribution in [0.25, 0.3) is 0 Å². The van der Waals surface area contributed by atoms with E-state index in [9.17, 15) is 0 Å². The first-order chi connectivity index (χ1) is 11.2. The normalized spacial score (nSPS) is 10.3. The minimum atomic E-state index is 0.705. The average molecular weight is 316 g/mol. The number of nitrogens with zero attached hydrogens (tertiary/aromatic N) is 2. The smallest absolute Gasteiger partial charge is 0.142 e. The van der Waals surface area contributed by atoms with Crippen molar-refractivity contribution in [2.75, 3.05) is 31.4 Å². The summed E-state index contributed by atoms with van der Waals surface area (Å²) < 4.78 is 10.6. The van der Waals surface area contributed by atoms with Crippen molar-refractivity contribution in [3.05, 3.63) is 30.1 Å². The first-order valence-electron chi connectivity index (χ1n) is 7.75. The minimum absolute atomic E-state index is 0.705. The zero-order chi connectivity index (χ0) is 16.7. The van der Waals surface area contributed by atoms with Gasteiger partial charge in [0, 0.05) is 18.7 Å². The van der Waals surface area contributed by atoms with Gasteiger partial charge in [-0.2, -0.15) is 0 Å². The number of nitrogens with one attached hydrogen (secondary N) is 2. The van der Waals surface area contributed by atoms with E-state index in [1.54, 1.807) is 14.2 Å². The number of aryl methyl sites for hydroxylation is 1. The van der Waals surface area contributed by atoms with E-state index in [0.717, 1.165) is 42.4 Å². The highest BCUT2D eigenvalue weighted by molar-refractivity contribution is 5.67. The molecule has 1 aromatic heterocycles. The quantitative estimate of drug-likeness (QED) is 0.723. The Kier molecular flexibility index (Phi) is 6.02. The Morgan fingerprint density at radius 1 is 1.04 bits per heavy atom. The number of aromatic nitrogens is 2. The summed E-state index contributed by atoms with van der Waals surface area (Å²) in [5.41, 5.74) is 0.796. The summed E-state index contributed by atoms with van der Waals surface area (Å²) >= 11 is 0. The maximum atomic E-state index is 5.38. The predicted octanol–water partition coefficient (Wildman–Crippen LogP) is 3.76. The van der Waals surface area contributed by atoms with Crippen LogP contribution in [0.15, 0.2) is 24.3 Å². The summed E-state index contributed by atoms with van der Waals surface area (Å²) in [7, 11) is 3.27. The molecule has 0 saturated carbocycles. The molecule has 1 aromatic carbocycles. The van der Waals surface area contributed by atoms with Crippen LogP contribution in [0, 0.1) is 6.92 Å². The lowest BCUT2D eigenvalue weighted by Crippen LogP contribution is -2.06. The zero-order valence-electron chi connectivity index (χ0n) is 14.1. The van der Waals surface area contributed by atoms with Crippen LogP contribution < -0.4 is 20.1 Å². The molecule has 2 aromatic rings. The van der Waals surface area contributed by atoms with E-state index >= 15 is 0 Å². The van der Waals surface area contributed by atoms with E-state index in [-0.39, 0.29) is 0 Å². The molecule has 0 atom stereocenters. The van der Waals surface area contributed by atoms with Gasteiger partial charge in [0.25, 0.3) is 0 Å². The Bertz CT molecular complexity index is 646.